The third-order valence-electron chi connectivity index (χ3n) is 4.76. The summed E-state index contributed by atoms with van der Waals surface area (Å²) < 4.78 is 0. The summed E-state index contributed by atoms with van der Waals surface area (Å²) in [5.74, 6) is 0. The summed E-state index contributed by atoms with van der Waals surface area (Å²) in [5, 5.41) is 0. The highest BCUT2D eigenvalue weighted by Gasteiger charge is 2.27. The van der Waals surface area contributed by atoms with E-state index in [-0.39, 0.29) is 10.9 Å². The van der Waals surface area contributed by atoms with Gasteiger partial charge in [0.25, 0.3) is 0 Å². The molecule has 0 bridgehead atoms. The minimum atomic E-state index is -0.362. The summed E-state index contributed by atoms with van der Waals surface area (Å²) in [5.41, 5.74) is 8.79. The van der Waals surface area contributed by atoms with Gasteiger partial charge in [0.15, 0.2) is 0 Å². The van der Waals surface area contributed by atoms with Crippen molar-refractivity contribution in [1.82, 2.24) is 0 Å². The average Bonchev–Trinajstić information content (AvgIpc) is 2.46. The minimum absolute atomic E-state index is 0.362. The van der Waals surface area contributed by atoms with Gasteiger partial charge in [0.2, 0.25) is 10.9 Å². The molecule has 0 spiro atoms. The standard InChI is InChI=1S/C22H22O2/c1-11-7-13(3)17(14(4)8-11)19-20(22(24)21(19)23)18-15(5)9-12(2)10-16(18)6/h7-10H,1-6H3. The Morgan fingerprint density at radius 2 is 0.708 bits per heavy atom. The lowest BCUT2D eigenvalue weighted by atomic mass is 9.82. The van der Waals surface area contributed by atoms with Crippen molar-refractivity contribution in [3.05, 3.63) is 78.1 Å². The van der Waals surface area contributed by atoms with Crippen molar-refractivity contribution in [3.8, 4) is 22.3 Å². The van der Waals surface area contributed by atoms with Gasteiger partial charge in [-0.05, 0) is 74.9 Å². The van der Waals surface area contributed by atoms with E-state index in [9.17, 15) is 9.59 Å². The van der Waals surface area contributed by atoms with Crippen molar-refractivity contribution in [3.63, 3.8) is 0 Å². The highest BCUT2D eigenvalue weighted by molar-refractivity contribution is 5.91. The first kappa shape index (κ1) is 16.4. The van der Waals surface area contributed by atoms with E-state index in [4.69, 9.17) is 0 Å². The molecule has 0 aliphatic carbocycles. The molecule has 0 radical (unpaired) electrons. The average molecular weight is 318 g/mol. The molecule has 0 saturated heterocycles. The van der Waals surface area contributed by atoms with Crippen molar-refractivity contribution in [1.29, 1.82) is 0 Å². The van der Waals surface area contributed by atoms with E-state index in [1.54, 1.807) is 0 Å². The number of benzene rings is 2. The molecule has 0 saturated carbocycles. The van der Waals surface area contributed by atoms with Crippen LogP contribution in [0.4, 0.5) is 0 Å². The van der Waals surface area contributed by atoms with Crippen LogP contribution in [0.25, 0.3) is 22.3 Å². The van der Waals surface area contributed by atoms with Gasteiger partial charge < -0.3 is 0 Å². The fourth-order valence-corrected chi connectivity index (χ4v) is 4.02. The zero-order chi connectivity index (χ0) is 17.8. The number of aryl methyl sites for hydroxylation is 6. The molecule has 3 aromatic rings. The van der Waals surface area contributed by atoms with Crippen LogP contribution in [0, 0.1) is 41.5 Å². The SMILES string of the molecule is Cc1cc(C)c(-c2c(-c3c(C)cc(C)cc3C)c(=O)c2=O)c(C)c1. The van der Waals surface area contributed by atoms with Gasteiger partial charge in [-0.25, -0.2) is 0 Å². The maximum atomic E-state index is 12.4. The molecule has 0 N–H and O–H groups in total. The highest BCUT2D eigenvalue weighted by Crippen LogP contribution is 2.36. The molecule has 0 atom stereocenters. The van der Waals surface area contributed by atoms with Crippen molar-refractivity contribution < 1.29 is 0 Å². The molecule has 3 aromatic carbocycles. The van der Waals surface area contributed by atoms with Crippen LogP contribution < -0.4 is 10.9 Å². The quantitative estimate of drug-likeness (QED) is 0.653. The molecule has 2 heteroatoms. The fraction of sp³-hybridized carbons (Fsp3) is 0.273. The highest BCUT2D eigenvalue weighted by atomic mass is 16.2. The minimum Gasteiger partial charge on any atom is -0.285 e. The van der Waals surface area contributed by atoms with Crippen molar-refractivity contribution in [2.45, 2.75) is 41.5 Å². The molecule has 0 aliphatic heterocycles. The predicted octanol–water partition coefficient (Wildman–Crippen LogP) is 4.47. The Bertz CT molecular complexity index is 913. The van der Waals surface area contributed by atoms with Crippen molar-refractivity contribution in [2.75, 3.05) is 0 Å². The molecule has 0 aliphatic rings. The Hall–Kier alpha value is -2.48. The molecule has 0 fully saturated rings. The van der Waals surface area contributed by atoms with Gasteiger partial charge in [-0.15, -0.1) is 0 Å². The van der Waals surface area contributed by atoms with Gasteiger partial charge in [0.1, 0.15) is 0 Å². The molecule has 3 rings (SSSR count). The van der Waals surface area contributed by atoms with E-state index >= 15 is 0 Å². The number of hydrogen-bond acceptors (Lipinski definition) is 2. The van der Waals surface area contributed by atoms with Crippen molar-refractivity contribution >= 4 is 0 Å². The predicted molar refractivity (Wildman–Crippen MR) is 101 cm³/mol. The third kappa shape index (κ3) is 2.34. The number of hydrogen-bond donors (Lipinski definition) is 0. The first-order valence-corrected chi connectivity index (χ1v) is 8.22. The lowest BCUT2D eigenvalue weighted by molar-refractivity contribution is 1.27. The van der Waals surface area contributed by atoms with Crippen LogP contribution in [-0.4, -0.2) is 0 Å². The van der Waals surface area contributed by atoms with Crippen LogP contribution in [0.1, 0.15) is 33.4 Å². The van der Waals surface area contributed by atoms with E-state index in [0.29, 0.717) is 11.1 Å². The first-order valence-electron chi connectivity index (χ1n) is 8.22. The van der Waals surface area contributed by atoms with E-state index in [1.807, 2.05) is 41.5 Å². The van der Waals surface area contributed by atoms with Gasteiger partial charge in [0.05, 0.1) is 0 Å². The molecule has 24 heavy (non-hydrogen) atoms. The van der Waals surface area contributed by atoms with Gasteiger partial charge in [-0.3, -0.25) is 9.59 Å². The Balaban J connectivity index is 2.36. The molecule has 0 amide bonds. The van der Waals surface area contributed by atoms with Crippen LogP contribution in [-0.2, 0) is 0 Å². The van der Waals surface area contributed by atoms with Gasteiger partial charge >= 0.3 is 0 Å². The topological polar surface area (TPSA) is 34.1 Å². The maximum absolute atomic E-state index is 12.4. The molecule has 122 valence electrons. The van der Waals surface area contributed by atoms with Gasteiger partial charge in [0, 0.05) is 11.1 Å². The second-order valence-corrected chi connectivity index (χ2v) is 6.96. The molecule has 0 heterocycles. The second-order valence-electron chi connectivity index (χ2n) is 6.96. The van der Waals surface area contributed by atoms with Crippen LogP contribution in [0.3, 0.4) is 0 Å². The molecular weight excluding hydrogens is 296 g/mol. The molecule has 2 nitrogen and oxygen atoms in total. The monoisotopic (exact) mass is 318 g/mol. The van der Waals surface area contributed by atoms with E-state index in [1.165, 1.54) is 0 Å². The Morgan fingerprint density at radius 3 is 0.958 bits per heavy atom. The van der Waals surface area contributed by atoms with E-state index in [2.05, 4.69) is 24.3 Å². The zero-order valence-corrected chi connectivity index (χ0v) is 15.1. The van der Waals surface area contributed by atoms with Gasteiger partial charge in [-0.1, -0.05) is 35.4 Å². The zero-order valence-electron chi connectivity index (χ0n) is 15.1. The fourth-order valence-electron chi connectivity index (χ4n) is 4.02. The van der Waals surface area contributed by atoms with Gasteiger partial charge in [-0.2, -0.15) is 0 Å². The van der Waals surface area contributed by atoms with Crippen LogP contribution in [0.5, 0.6) is 0 Å². The Kier molecular flexibility index (Phi) is 3.79. The third-order valence-corrected chi connectivity index (χ3v) is 4.76. The summed E-state index contributed by atoms with van der Waals surface area (Å²) >= 11 is 0. The second kappa shape index (κ2) is 5.55. The van der Waals surface area contributed by atoms with Crippen molar-refractivity contribution in [2.24, 2.45) is 0 Å². The smallest absolute Gasteiger partial charge is 0.234 e. The summed E-state index contributed by atoms with van der Waals surface area (Å²) in [6.45, 7) is 12.1. The van der Waals surface area contributed by atoms with Crippen LogP contribution in [0.15, 0.2) is 33.9 Å². The summed E-state index contributed by atoms with van der Waals surface area (Å²) in [7, 11) is 0. The van der Waals surface area contributed by atoms with Crippen LogP contribution in [0.2, 0.25) is 0 Å². The number of rotatable bonds is 2. The molecular formula is C22H22O2. The summed E-state index contributed by atoms with van der Waals surface area (Å²) in [6.07, 6.45) is 0. The van der Waals surface area contributed by atoms with E-state index < -0.39 is 0 Å². The van der Waals surface area contributed by atoms with Crippen LogP contribution >= 0.6 is 0 Å². The Labute approximate surface area is 142 Å². The largest absolute Gasteiger partial charge is 0.285 e. The normalized spacial score (nSPS) is 11.2. The maximum Gasteiger partial charge on any atom is 0.234 e. The lowest BCUT2D eigenvalue weighted by Gasteiger charge is -2.19. The summed E-state index contributed by atoms with van der Waals surface area (Å²) in [4.78, 5) is 24.8. The lowest BCUT2D eigenvalue weighted by Crippen LogP contribution is -2.35. The Morgan fingerprint density at radius 1 is 0.458 bits per heavy atom. The molecule has 0 unspecified atom stereocenters. The van der Waals surface area contributed by atoms with E-state index in [0.717, 1.165) is 44.5 Å². The first-order chi connectivity index (χ1) is 11.2. The summed E-state index contributed by atoms with van der Waals surface area (Å²) in [6, 6.07) is 8.27. The molecule has 0 aromatic heterocycles.